The second-order valence-electron chi connectivity index (χ2n) is 8.73. The molecular weight excluding hydrogens is 438 g/mol. The molecule has 35 heavy (non-hydrogen) atoms. The molecule has 4 rings (SSSR count). The lowest BCUT2D eigenvalue weighted by Crippen LogP contribution is -2.49. The quantitative estimate of drug-likeness (QED) is 0.577. The number of fused-ring (bicyclic) bond motifs is 3. The number of allylic oxidation sites excluding steroid dienone is 1. The number of ether oxygens (including phenoxy) is 1. The third kappa shape index (κ3) is 5.38. The van der Waals surface area contributed by atoms with Gasteiger partial charge in [0.2, 0.25) is 11.8 Å². The summed E-state index contributed by atoms with van der Waals surface area (Å²) in [7, 11) is 3.33. The maximum Gasteiger partial charge on any atom is 0.249 e. The van der Waals surface area contributed by atoms with Crippen molar-refractivity contribution in [2.75, 3.05) is 19.1 Å². The van der Waals surface area contributed by atoms with E-state index in [1.54, 1.807) is 19.1 Å². The van der Waals surface area contributed by atoms with Crippen LogP contribution in [0.15, 0.2) is 54.6 Å². The van der Waals surface area contributed by atoms with E-state index in [0.717, 1.165) is 39.3 Å². The molecule has 6 nitrogen and oxygen atoms in total. The summed E-state index contributed by atoms with van der Waals surface area (Å²) in [4.78, 5) is 31.8. The van der Waals surface area contributed by atoms with E-state index in [4.69, 9.17) is 4.74 Å². The summed E-state index contributed by atoms with van der Waals surface area (Å²) < 4.78 is 5.23. The molecule has 0 unspecified atom stereocenters. The minimum Gasteiger partial charge on any atom is -0.497 e. The zero-order valence-electron chi connectivity index (χ0n) is 20.6. The molecule has 1 aliphatic rings. The monoisotopic (exact) mass is 469 g/mol. The molecule has 1 atom stereocenters. The first-order valence-corrected chi connectivity index (χ1v) is 11.7. The minimum absolute atomic E-state index is 0.179. The highest BCUT2D eigenvalue weighted by molar-refractivity contribution is 5.99. The van der Waals surface area contributed by atoms with E-state index >= 15 is 0 Å². The van der Waals surface area contributed by atoms with E-state index in [0.29, 0.717) is 12.2 Å². The van der Waals surface area contributed by atoms with Crippen molar-refractivity contribution < 1.29 is 14.3 Å². The highest BCUT2D eigenvalue weighted by Crippen LogP contribution is 2.24. The Balaban J connectivity index is 1.70. The molecule has 2 bridgehead atoms. The third-order valence-electron chi connectivity index (χ3n) is 6.38. The molecular formula is C29H31N3O3. The van der Waals surface area contributed by atoms with Crippen molar-refractivity contribution in [3.05, 3.63) is 88.2 Å². The van der Waals surface area contributed by atoms with Crippen molar-refractivity contribution in [1.29, 1.82) is 0 Å². The van der Waals surface area contributed by atoms with Crippen molar-refractivity contribution in [2.24, 2.45) is 0 Å². The Morgan fingerprint density at radius 3 is 2.63 bits per heavy atom. The lowest BCUT2D eigenvalue weighted by atomic mass is 9.99. The van der Waals surface area contributed by atoms with Crippen LogP contribution < -0.4 is 15.0 Å². The van der Waals surface area contributed by atoms with Crippen LogP contribution in [0.3, 0.4) is 0 Å². The normalized spacial score (nSPS) is 16.6. The standard InChI is InChI=1S/C29H31N3O3/c1-5-7-25-19(2)24-18-28(33)31-27(29(34)32(3)22-11-13-23(35-4)14-12-22)17-21-9-6-8-20(16-21)10-15-26(24)30-25/h5-16,27,30H,17-18H2,1-4H3,(H,31,33)/b7-5-,15-10-/t27-/m0/s1. The maximum absolute atomic E-state index is 13.6. The largest absolute Gasteiger partial charge is 0.497 e. The number of H-pyrrole nitrogens is 1. The predicted molar refractivity (Wildman–Crippen MR) is 141 cm³/mol. The average molecular weight is 470 g/mol. The van der Waals surface area contributed by atoms with E-state index in [1.165, 1.54) is 0 Å². The zero-order valence-corrected chi connectivity index (χ0v) is 20.6. The Morgan fingerprint density at radius 2 is 1.91 bits per heavy atom. The van der Waals surface area contributed by atoms with Crippen LogP contribution in [0.4, 0.5) is 5.69 Å². The van der Waals surface area contributed by atoms with Crippen molar-refractivity contribution in [2.45, 2.75) is 32.7 Å². The van der Waals surface area contributed by atoms with Crippen molar-refractivity contribution >= 4 is 35.7 Å². The van der Waals surface area contributed by atoms with Gasteiger partial charge in [-0.15, -0.1) is 0 Å². The number of likely N-dealkylation sites (N-methyl/N-ethyl adjacent to an activating group) is 1. The molecule has 1 aromatic heterocycles. The second-order valence-corrected chi connectivity index (χ2v) is 8.73. The van der Waals surface area contributed by atoms with Gasteiger partial charge >= 0.3 is 0 Å². The summed E-state index contributed by atoms with van der Waals surface area (Å²) in [5, 5.41) is 3.02. The number of rotatable bonds is 4. The molecule has 2 aromatic carbocycles. The van der Waals surface area contributed by atoms with Gasteiger partial charge in [-0.2, -0.15) is 0 Å². The molecule has 0 aliphatic carbocycles. The van der Waals surface area contributed by atoms with Crippen LogP contribution >= 0.6 is 0 Å². The van der Waals surface area contributed by atoms with E-state index in [2.05, 4.69) is 16.4 Å². The number of anilines is 1. The van der Waals surface area contributed by atoms with Crippen LogP contribution in [0, 0.1) is 6.92 Å². The van der Waals surface area contributed by atoms with Gasteiger partial charge in [-0.05, 0) is 72.5 Å². The van der Waals surface area contributed by atoms with Gasteiger partial charge in [0.1, 0.15) is 11.8 Å². The van der Waals surface area contributed by atoms with Gasteiger partial charge in [0.15, 0.2) is 0 Å². The smallest absolute Gasteiger partial charge is 0.249 e. The van der Waals surface area contributed by atoms with Gasteiger partial charge in [0, 0.05) is 30.5 Å². The Kier molecular flexibility index (Phi) is 7.20. The van der Waals surface area contributed by atoms with E-state index in [-0.39, 0.29) is 18.2 Å². The number of hydrogen-bond acceptors (Lipinski definition) is 3. The Hall–Kier alpha value is -4.06. The predicted octanol–water partition coefficient (Wildman–Crippen LogP) is 4.78. The third-order valence-corrected chi connectivity index (χ3v) is 6.38. The molecule has 0 fully saturated rings. The number of methoxy groups -OCH3 is 1. The number of carbonyl (C=O) groups is 2. The number of nitrogens with one attached hydrogen (secondary N) is 2. The minimum atomic E-state index is -0.703. The first-order chi connectivity index (χ1) is 16.9. The van der Waals surface area contributed by atoms with E-state index in [9.17, 15) is 9.59 Å². The molecule has 3 aromatic rings. The van der Waals surface area contributed by atoms with Crippen LogP contribution in [0.5, 0.6) is 5.75 Å². The fourth-order valence-electron chi connectivity index (χ4n) is 4.39. The molecule has 2 heterocycles. The van der Waals surface area contributed by atoms with Gasteiger partial charge in [-0.3, -0.25) is 9.59 Å². The van der Waals surface area contributed by atoms with Crippen LogP contribution in [-0.2, 0) is 22.4 Å². The van der Waals surface area contributed by atoms with E-state index < -0.39 is 6.04 Å². The second kappa shape index (κ2) is 10.5. The van der Waals surface area contributed by atoms with Gasteiger partial charge < -0.3 is 19.9 Å². The van der Waals surface area contributed by atoms with E-state index in [1.807, 2.05) is 80.6 Å². The summed E-state index contributed by atoms with van der Waals surface area (Å²) in [5.41, 5.74) is 6.58. The summed E-state index contributed by atoms with van der Waals surface area (Å²) >= 11 is 0. The number of nitrogens with zero attached hydrogens (tertiary/aromatic N) is 1. The Morgan fingerprint density at radius 1 is 1.14 bits per heavy atom. The first kappa shape index (κ1) is 24.1. The van der Waals surface area contributed by atoms with Gasteiger partial charge in [-0.25, -0.2) is 0 Å². The summed E-state index contributed by atoms with van der Waals surface area (Å²) in [6, 6.07) is 14.6. The van der Waals surface area contributed by atoms with Gasteiger partial charge in [-0.1, -0.05) is 36.4 Å². The summed E-state index contributed by atoms with van der Waals surface area (Å²) in [6.07, 6.45) is 8.61. The number of aromatic amines is 1. The SMILES string of the molecule is C/C=C\c1[nH]c2c(c1C)CC(=O)N[C@H](C(=O)N(C)c1ccc(OC)cc1)Cc1cccc(c1)/C=C\2. The van der Waals surface area contributed by atoms with Crippen LogP contribution in [0.25, 0.3) is 18.2 Å². The maximum atomic E-state index is 13.6. The van der Waals surface area contributed by atoms with Crippen molar-refractivity contribution in [3.8, 4) is 5.75 Å². The van der Waals surface area contributed by atoms with Crippen molar-refractivity contribution in [1.82, 2.24) is 10.3 Å². The van der Waals surface area contributed by atoms with Crippen LogP contribution in [0.2, 0.25) is 0 Å². The highest BCUT2D eigenvalue weighted by Gasteiger charge is 2.26. The number of hydrogen-bond donors (Lipinski definition) is 2. The van der Waals surface area contributed by atoms with Crippen LogP contribution in [-0.4, -0.2) is 37.0 Å². The lowest BCUT2D eigenvalue weighted by molar-refractivity contribution is -0.127. The van der Waals surface area contributed by atoms with Crippen LogP contribution in [0.1, 0.15) is 40.6 Å². The fraction of sp³-hybridized carbons (Fsp3) is 0.241. The number of benzene rings is 2. The molecule has 1 aliphatic heterocycles. The van der Waals surface area contributed by atoms with Gasteiger partial charge in [0.25, 0.3) is 0 Å². The highest BCUT2D eigenvalue weighted by atomic mass is 16.5. The molecule has 0 radical (unpaired) electrons. The molecule has 0 saturated carbocycles. The summed E-state index contributed by atoms with van der Waals surface area (Å²) in [6.45, 7) is 3.98. The zero-order chi connectivity index (χ0) is 24.9. The lowest BCUT2D eigenvalue weighted by Gasteiger charge is -2.25. The summed E-state index contributed by atoms with van der Waals surface area (Å²) in [5.74, 6) is 0.350. The molecule has 2 amide bonds. The number of amides is 2. The average Bonchev–Trinajstić information content (AvgIpc) is 3.15. The molecule has 6 heteroatoms. The topological polar surface area (TPSA) is 74.4 Å². The molecule has 2 N–H and O–H groups in total. The van der Waals surface area contributed by atoms with Crippen molar-refractivity contribution in [3.63, 3.8) is 0 Å². The number of carbonyl (C=O) groups excluding carboxylic acids is 2. The molecule has 180 valence electrons. The number of aromatic nitrogens is 1. The first-order valence-electron chi connectivity index (χ1n) is 11.7. The molecule has 0 saturated heterocycles. The molecule has 0 spiro atoms. The Labute approximate surface area is 206 Å². The fourth-order valence-corrected chi connectivity index (χ4v) is 4.39. The Bertz CT molecular complexity index is 1290. The van der Waals surface area contributed by atoms with Gasteiger partial charge in [0.05, 0.1) is 13.5 Å².